The maximum atomic E-state index is 7.17. The van der Waals surface area contributed by atoms with Crippen LogP contribution in [0.3, 0.4) is 0 Å². The van der Waals surface area contributed by atoms with Crippen LogP contribution in [0.25, 0.3) is 11.2 Å². The van der Waals surface area contributed by atoms with Gasteiger partial charge in [-0.25, -0.2) is 15.0 Å². The third-order valence-electron chi connectivity index (χ3n) is 1.21. The molecule has 0 saturated carbocycles. The Bertz CT molecular complexity index is 433. The van der Waals surface area contributed by atoms with Crippen LogP contribution in [0.5, 0.6) is 0 Å². The summed E-state index contributed by atoms with van der Waals surface area (Å²) in [5.74, 6) is 0. The molecule has 0 atom stereocenters. The largest absolute Gasteiger partial charge is 0.318 e. The second-order valence-electron chi connectivity index (χ2n) is 1.85. The fraction of sp³-hybridized carbons (Fsp3) is 0.167. The predicted molar refractivity (Wildman–Crippen MR) is 36.3 cm³/mol. The Labute approximate surface area is 61.8 Å². The molecule has 0 aliphatic carbocycles. The highest BCUT2D eigenvalue weighted by molar-refractivity contribution is 5.68. The van der Waals surface area contributed by atoms with Crippen molar-refractivity contribution in [3.05, 3.63) is 18.9 Å². The Morgan fingerprint density at radius 1 is 1.60 bits per heavy atom. The van der Waals surface area contributed by atoms with Gasteiger partial charge in [0.1, 0.15) is 11.8 Å². The first-order valence-corrected chi connectivity index (χ1v) is 2.72. The van der Waals surface area contributed by atoms with Crippen LogP contribution in [0.15, 0.2) is 18.9 Å². The highest BCUT2D eigenvalue weighted by atomic mass is 15.1. The van der Waals surface area contributed by atoms with Gasteiger partial charge in [0.15, 0.2) is 5.65 Å². The number of fused-ring (bicyclic) bond motifs is 1. The van der Waals surface area contributed by atoms with Crippen molar-refractivity contribution in [1.82, 2.24) is 19.5 Å². The standard InChI is InChI=1S/C6H6N4/c1-10-4-9-5-2-7-3-8-6(5)10/h2-4H,1H3/i1D3. The predicted octanol–water partition coefficient (Wildman–Crippen LogP) is 0.363. The molecule has 4 heteroatoms. The van der Waals surface area contributed by atoms with E-state index in [2.05, 4.69) is 15.0 Å². The molecule has 10 heavy (non-hydrogen) atoms. The molecule has 50 valence electrons. The summed E-state index contributed by atoms with van der Waals surface area (Å²) in [4.78, 5) is 11.4. The van der Waals surface area contributed by atoms with Crippen molar-refractivity contribution < 1.29 is 4.11 Å². The zero-order valence-corrected chi connectivity index (χ0v) is 5.02. The second kappa shape index (κ2) is 1.76. The molecule has 0 aromatic carbocycles. The van der Waals surface area contributed by atoms with Crippen molar-refractivity contribution in [2.75, 3.05) is 0 Å². The van der Waals surface area contributed by atoms with Crippen molar-refractivity contribution in [3.63, 3.8) is 0 Å². The van der Waals surface area contributed by atoms with Gasteiger partial charge >= 0.3 is 0 Å². The van der Waals surface area contributed by atoms with E-state index in [1.54, 1.807) is 0 Å². The topological polar surface area (TPSA) is 43.6 Å². The van der Waals surface area contributed by atoms with Gasteiger partial charge in [0.25, 0.3) is 0 Å². The van der Waals surface area contributed by atoms with Gasteiger partial charge in [-0.3, -0.25) is 0 Å². The Morgan fingerprint density at radius 3 is 3.50 bits per heavy atom. The average molecular weight is 137 g/mol. The summed E-state index contributed by atoms with van der Waals surface area (Å²) in [6, 6.07) is 0. The third kappa shape index (κ3) is 0.586. The monoisotopic (exact) mass is 137 g/mol. The first-order chi connectivity index (χ1) is 6.09. The average Bonchev–Trinajstić information content (AvgIpc) is 2.45. The quantitative estimate of drug-likeness (QED) is 0.526. The van der Waals surface area contributed by atoms with Crippen LogP contribution >= 0.6 is 0 Å². The number of hydrogen-bond donors (Lipinski definition) is 0. The normalized spacial score (nSPS) is 16.2. The molecule has 0 saturated heterocycles. The van der Waals surface area contributed by atoms with Crippen LogP contribution in [-0.4, -0.2) is 19.5 Å². The number of imidazole rings is 1. The lowest BCUT2D eigenvalue weighted by molar-refractivity contribution is 0.928. The Balaban J connectivity index is 2.72. The van der Waals surface area contributed by atoms with Crippen LogP contribution < -0.4 is 0 Å². The first kappa shape index (κ1) is 3.09. The van der Waals surface area contributed by atoms with E-state index >= 15 is 0 Å². The molecule has 0 aliphatic rings. The molecule has 0 unspecified atom stereocenters. The van der Waals surface area contributed by atoms with Gasteiger partial charge in [0, 0.05) is 11.1 Å². The van der Waals surface area contributed by atoms with E-state index in [0.717, 1.165) is 4.57 Å². The summed E-state index contributed by atoms with van der Waals surface area (Å²) in [5, 5.41) is 0. The van der Waals surface area contributed by atoms with Gasteiger partial charge in [-0.05, 0) is 0 Å². The number of aryl methyl sites for hydroxylation is 1. The summed E-state index contributed by atoms with van der Waals surface area (Å²) in [6.45, 7) is -2.23. The van der Waals surface area contributed by atoms with Gasteiger partial charge in [-0.15, -0.1) is 0 Å². The molecular formula is C6H6N4. The molecule has 0 N–H and O–H groups in total. The van der Waals surface area contributed by atoms with Crippen molar-refractivity contribution in [2.24, 2.45) is 6.98 Å². The molecule has 0 fully saturated rings. The molecule has 2 aromatic heterocycles. The van der Waals surface area contributed by atoms with Crippen LogP contribution in [-0.2, 0) is 6.98 Å². The Kier molecular flexibility index (Phi) is 0.546. The second-order valence-corrected chi connectivity index (χ2v) is 1.85. The Hall–Kier alpha value is -1.45. The van der Waals surface area contributed by atoms with E-state index in [9.17, 15) is 0 Å². The minimum atomic E-state index is -2.23. The lowest BCUT2D eigenvalue weighted by Gasteiger charge is -1.88. The maximum absolute atomic E-state index is 7.17. The molecule has 0 spiro atoms. The highest BCUT2D eigenvalue weighted by Crippen LogP contribution is 2.03. The molecule has 0 amide bonds. The molecular weight excluding hydrogens is 128 g/mol. The van der Waals surface area contributed by atoms with Gasteiger partial charge in [0.2, 0.25) is 0 Å². The van der Waals surface area contributed by atoms with Crippen LogP contribution in [0.1, 0.15) is 4.11 Å². The molecule has 2 aromatic rings. The lowest BCUT2D eigenvalue weighted by atomic mass is 10.6. The molecule has 4 nitrogen and oxygen atoms in total. The number of hydrogen-bond acceptors (Lipinski definition) is 3. The smallest absolute Gasteiger partial charge is 0.162 e. The number of rotatable bonds is 0. The molecule has 2 rings (SSSR count). The van der Waals surface area contributed by atoms with E-state index in [1.807, 2.05) is 0 Å². The Morgan fingerprint density at radius 2 is 2.60 bits per heavy atom. The van der Waals surface area contributed by atoms with Crippen molar-refractivity contribution in [1.29, 1.82) is 0 Å². The molecule has 0 bridgehead atoms. The zero-order chi connectivity index (χ0) is 9.47. The van der Waals surface area contributed by atoms with Crippen molar-refractivity contribution in [3.8, 4) is 0 Å². The SMILES string of the molecule is [2H]C([2H])([2H])n1cnc2cncnc21. The van der Waals surface area contributed by atoms with Crippen molar-refractivity contribution in [2.45, 2.75) is 0 Å². The van der Waals surface area contributed by atoms with Crippen molar-refractivity contribution >= 4 is 11.2 Å². The highest BCUT2D eigenvalue weighted by Gasteiger charge is 1.96. The summed E-state index contributed by atoms with van der Waals surface area (Å²) in [7, 11) is 0. The summed E-state index contributed by atoms with van der Waals surface area (Å²) >= 11 is 0. The van der Waals surface area contributed by atoms with Crippen LogP contribution in [0.4, 0.5) is 0 Å². The lowest BCUT2D eigenvalue weighted by Crippen LogP contribution is -1.86. The van der Waals surface area contributed by atoms with E-state index < -0.39 is 6.98 Å². The fourth-order valence-electron chi connectivity index (χ4n) is 0.767. The maximum Gasteiger partial charge on any atom is 0.162 e. The van der Waals surface area contributed by atoms with E-state index in [-0.39, 0.29) is 0 Å². The fourth-order valence-corrected chi connectivity index (χ4v) is 0.767. The van der Waals surface area contributed by atoms with Gasteiger partial charge < -0.3 is 4.57 Å². The summed E-state index contributed by atoms with van der Waals surface area (Å²) in [6.07, 6.45) is 4.02. The minimum absolute atomic E-state index is 0.329. The van der Waals surface area contributed by atoms with E-state index in [0.29, 0.717) is 11.2 Å². The summed E-state index contributed by atoms with van der Waals surface area (Å²) < 4.78 is 22.5. The van der Waals surface area contributed by atoms with Crippen LogP contribution in [0.2, 0.25) is 0 Å². The molecule has 0 radical (unpaired) electrons. The van der Waals surface area contributed by atoms with E-state index in [1.165, 1.54) is 18.9 Å². The number of nitrogens with zero attached hydrogens (tertiary/aromatic N) is 4. The zero-order valence-electron chi connectivity index (χ0n) is 8.02. The van der Waals surface area contributed by atoms with Crippen LogP contribution in [0, 0.1) is 0 Å². The molecule has 0 aliphatic heterocycles. The first-order valence-electron chi connectivity index (χ1n) is 4.22. The van der Waals surface area contributed by atoms with Gasteiger partial charge in [-0.2, -0.15) is 0 Å². The minimum Gasteiger partial charge on any atom is -0.318 e. The third-order valence-corrected chi connectivity index (χ3v) is 1.21. The van der Waals surface area contributed by atoms with E-state index in [4.69, 9.17) is 4.11 Å². The van der Waals surface area contributed by atoms with Gasteiger partial charge in [-0.1, -0.05) is 0 Å². The number of aromatic nitrogens is 4. The molecule has 2 heterocycles. The summed E-state index contributed by atoms with van der Waals surface area (Å²) in [5.41, 5.74) is 0.814. The van der Waals surface area contributed by atoms with Gasteiger partial charge in [0.05, 0.1) is 12.5 Å².